The first-order chi connectivity index (χ1) is 31.7. The van der Waals surface area contributed by atoms with Crippen molar-refractivity contribution in [2.24, 2.45) is 0 Å². The summed E-state index contributed by atoms with van der Waals surface area (Å²) in [5.74, 6) is -0.869. The maximum atomic E-state index is 12.7. The van der Waals surface area contributed by atoms with Crippen LogP contribution in [0.1, 0.15) is 124 Å². The molecule has 0 unspecified atom stereocenters. The van der Waals surface area contributed by atoms with Crippen LogP contribution in [0.3, 0.4) is 0 Å². The SMILES string of the molecule is C=CC(=C(C(=O)[O-])c1c(C(C)C)n[nH]c1-c1ccco1)c1c(C(C)C)n[nH]c1-c1ccco1.C=CC(=C(C(=O)[O-])c1c(C(C)C)n[nH]c1-c1ccco1)c1c(C(C)C)n[nH]c1-c1ccco1.[Co+2]. The molecule has 0 atom stereocenters. The van der Waals surface area contributed by atoms with E-state index in [1.165, 1.54) is 24.7 Å². The van der Waals surface area contributed by atoms with E-state index in [9.17, 15) is 19.8 Å². The first-order valence-corrected chi connectivity index (χ1v) is 21.4. The van der Waals surface area contributed by atoms with Crippen molar-refractivity contribution in [3.8, 4) is 45.8 Å². The van der Waals surface area contributed by atoms with Gasteiger partial charge in [0.1, 0.15) is 22.8 Å². The summed E-state index contributed by atoms with van der Waals surface area (Å²) in [6, 6.07) is 14.0. The van der Waals surface area contributed by atoms with Gasteiger partial charge in [0.25, 0.3) is 0 Å². The Balaban J connectivity index is 0.000000218. The third-order valence-corrected chi connectivity index (χ3v) is 10.8. The molecule has 67 heavy (non-hydrogen) atoms. The number of nitrogens with one attached hydrogen (secondary N) is 4. The van der Waals surface area contributed by atoms with E-state index in [0.29, 0.717) is 102 Å². The number of hydrogen-bond acceptors (Lipinski definition) is 12. The summed E-state index contributed by atoms with van der Waals surface area (Å²) in [6.07, 6.45) is 9.16. The number of carbonyl (C=O) groups excluding carboxylic acids is 2. The minimum Gasteiger partial charge on any atom is -0.545 e. The molecule has 0 saturated carbocycles. The molecule has 1 radical (unpaired) electrons. The van der Waals surface area contributed by atoms with Gasteiger partial charge in [-0.15, -0.1) is 0 Å². The van der Waals surface area contributed by atoms with Crippen molar-refractivity contribution >= 4 is 34.2 Å². The molecule has 8 rings (SSSR count). The van der Waals surface area contributed by atoms with Crippen LogP contribution in [0.15, 0.2) is 117 Å². The number of carboxylic acid groups (broad SMARTS) is 2. The van der Waals surface area contributed by atoms with Gasteiger partial charge in [-0.3, -0.25) is 20.4 Å². The molecule has 0 bridgehead atoms. The fraction of sp³-hybridized carbons (Fsp3) is 0.240. The Morgan fingerprint density at radius 2 is 0.716 bits per heavy atom. The number of nitrogens with zero attached hydrogens (tertiary/aromatic N) is 4. The van der Waals surface area contributed by atoms with E-state index in [4.69, 9.17) is 17.7 Å². The Hall–Kier alpha value is -7.63. The van der Waals surface area contributed by atoms with Gasteiger partial charge in [0, 0.05) is 33.4 Å². The van der Waals surface area contributed by atoms with Crippen LogP contribution in [0.4, 0.5) is 0 Å². The molecule has 0 aromatic carbocycles. The molecule has 8 heterocycles. The monoisotopic (exact) mass is 949 g/mol. The molecule has 0 aliphatic rings. The number of aromatic amines is 4. The average Bonchev–Trinajstić information content (AvgIpc) is 4.13. The number of aromatic nitrogens is 8. The summed E-state index contributed by atoms with van der Waals surface area (Å²) < 4.78 is 22.3. The zero-order valence-electron chi connectivity index (χ0n) is 38.2. The van der Waals surface area contributed by atoms with Gasteiger partial charge in [-0.25, -0.2) is 0 Å². The fourth-order valence-electron chi connectivity index (χ4n) is 7.89. The number of carbonyl (C=O) groups is 2. The molecule has 0 aliphatic carbocycles. The quantitative estimate of drug-likeness (QED) is 0.0522. The second kappa shape index (κ2) is 20.7. The van der Waals surface area contributed by atoms with E-state index in [2.05, 4.69) is 53.9 Å². The fourth-order valence-corrected chi connectivity index (χ4v) is 7.89. The van der Waals surface area contributed by atoms with Crippen molar-refractivity contribution in [3.63, 3.8) is 0 Å². The number of H-pyrrole nitrogens is 4. The smallest absolute Gasteiger partial charge is 0.545 e. The van der Waals surface area contributed by atoms with Crippen LogP contribution in [-0.2, 0) is 26.4 Å². The van der Waals surface area contributed by atoms with Gasteiger partial charge >= 0.3 is 16.8 Å². The Morgan fingerprint density at radius 3 is 0.910 bits per heavy atom. The Morgan fingerprint density at radius 1 is 0.478 bits per heavy atom. The normalized spacial score (nSPS) is 12.2. The molecule has 8 aromatic heterocycles. The first-order valence-electron chi connectivity index (χ1n) is 21.4. The Labute approximate surface area is 396 Å². The predicted molar refractivity (Wildman–Crippen MR) is 246 cm³/mol. The van der Waals surface area contributed by atoms with Gasteiger partial charge in [0.15, 0.2) is 23.0 Å². The van der Waals surface area contributed by atoms with E-state index in [1.807, 2.05) is 55.4 Å². The van der Waals surface area contributed by atoms with Crippen molar-refractivity contribution in [3.05, 3.63) is 144 Å². The van der Waals surface area contributed by atoms with Crippen LogP contribution >= 0.6 is 0 Å². The van der Waals surface area contributed by atoms with Crippen molar-refractivity contribution in [2.45, 2.75) is 79.1 Å². The molecule has 8 aromatic rings. The number of carboxylic acids is 2. The van der Waals surface area contributed by atoms with Gasteiger partial charge in [-0.05, 0) is 83.3 Å². The third kappa shape index (κ3) is 9.41. The van der Waals surface area contributed by atoms with Crippen molar-refractivity contribution in [1.82, 2.24) is 40.8 Å². The van der Waals surface area contributed by atoms with Crippen molar-refractivity contribution in [1.29, 1.82) is 0 Å². The van der Waals surface area contributed by atoms with E-state index in [1.54, 1.807) is 61.1 Å². The van der Waals surface area contributed by atoms with Crippen molar-refractivity contribution < 1.29 is 54.2 Å². The minimum absolute atomic E-state index is 0. The summed E-state index contributed by atoms with van der Waals surface area (Å²) in [4.78, 5) is 25.5. The summed E-state index contributed by atoms with van der Waals surface area (Å²) in [6.45, 7) is 23.6. The van der Waals surface area contributed by atoms with Crippen LogP contribution < -0.4 is 10.2 Å². The molecule has 16 nitrogen and oxygen atoms in total. The first kappa shape index (κ1) is 48.8. The topological polar surface area (TPSA) is 248 Å². The van der Waals surface area contributed by atoms with Crippen LogP contribution in [0.25, 0.3) is 68.1 Å². The van der Waals surface area contributed by atoms with Crippen LogP contribution in [0, 0.1) is 0 Å². The molecule has 17 heteroatoms. The average molecular weight is 950 g/mol. The number of aliphatic carboxylic acids is 2. The summed E-state index contributed by atoms with van der Waals surface area (Å²) in [5.41, 5.74) is 7.15. The number of hydrogen-bond donors (Lipinski definition) is 4. The molecule has 0 fully saturated rings. The number of furan rings is 4. The van der Waals surface area contributed by atoms with E-state index in [0.717, 1.165) is 0 Å². The number of allylic oxidation sites excluding steroid dienone is 4. The molecule has 0 amide bonds. The zero-order valence-corrected chi connectivity index (χ0v) is 39.2. The molecule has 4 N–H and O–H groups in total. The minimum atomic E-state index is -1.36. The van der Waals surface area contributed by atoms with Crippen LogP contribution in [0.2, 0.25) is 0 Å². The molecular weight excluding hydrogens is 900 g/mol. The second-order valence-corrected chi connectivity index (χ2v) is 16.5. The largest absolute Gasteiger partial charge is 2.00 e. The Kier molecular flexibility index (Phi) is 15.1. The maximum absolute atomic E-state index is 12.7. The molecular formula is C50H50CoN8O8. The van der Waals surface area contributed by atoms with E-state index < -0.39 is 11.9 Å². The van der Waals surface area contributed by atoms with Crippen molar-refractivity contribution in [2.75, 3.05) is 0 Å². The maximum Gasteiger partial charge on any atom is 2.00 e. The van der Waals surface area contributed by atoms with Crippen LogP contribution in [0.5, 0.6) is 0 Å². The molecule has 347 valence electrons. The zero-order chi connectivity index (χ0) is 47.4. The summed E-state index contributed by atoms with van der Waals surface area (Å²) >= 11 is 0. The van der Waals surface area contributed by atoms with E-state index >= 15 is 0 Å². The molecule has 0 saturated heterocycles. The third-order valence-electron chi connectivity index (χ3n) is 10.8. The standard InChI is InChI=1S/2C25H26N4O4.Co/c2*1-6-15(19-21(13(2)3)26-28-23(19)16-9-7-11-32-16)18(25(30)31)20-22(14(4)5)27-29-24(20)17-10-8-12-33-17;/h2*6-14H,1H2,2-5H3,(H,26,28)(H,27,29)(H,30,31);/q;;+2/p-2. The second-order valence-electron chi connectivity index (χ2n) is 16.5. The van der Waals surface area contributed by atoms with Gasteiger partial charge in [-0.2, -0.15) is 20.4 Å². The van der Waals surface area contributed by atoms with Gasteiger partial charge in [0.2, 0.25) is 0 Å². The molecule has 0 aliphatic heterocycles. The van der Waals surface area contributed by atoms with Gasteiger partial charge in [-0.1, -0.05) is 80.7 Å². The summed E-state index contributed by atoms with van der Waals surface area (Å²) in [5, 5.41) is 55.2. The van der Waals surface area contributed by atoms with Gasteiger partial charge < -0.3 is 37.5 Å². The Bertz CT molecular complexity index is 2820. The van der Waals surface area contributed by atoms with Gasteiger partial charge in [0.05, 0.1) is 59.8 Å². The molecule has 0 spiro atoms. The number of rotatable bonds is 16. The van der Waals surface area contributed by atoms with E-state index in [-0.39, 0.29) is 51.6 Å². The summed E-state index contributed by atoms with van der Waals surface area (Å²) in [7, 11) is 0. The predicted octanol–water partition coefficient (Wildman–Crippen LogP) is 9.49. The van der Waals surface area contributed by atoms with Crippen LogP contribution in [-0.4, -0.2) is 52.7 Å².